The first-order valence-corrected chi connectivity index (χ1v) is 10.2. The van der Waals surface area contributed by atoms with Crippen LogP contribution in [-0.2, 0) is 14.4 Å². The number of hydrogen-bond donors (Lipinski definition) is 0. The SMILES string of the molecule is Cc1ccc(N2C(=O)[C@H]3[C@H](ON(c4ccccc4)[C@@H]3c3ccc(F)cc3)C2=O)cc1C. The molecule has 3 atom stereocenters. The summed E-state index contributed by atoms with van der Waals surface area (Å²) < 4.78 is 13.6. The standard InChI is InChI=1S/C25H21FN2O3/c1-15-8-13-20(14-16(15)2)27-24(29)21-22(17-9-11-18(26)12-10-17)28(31-23(21)25(27)30)19-6-4-3-5-7-19/h3-14,21-23H,1-2H3/t21-,22-,23+/m1/s1. The predicted octanol–water partition coefficient (Wildman–Crippen LogP) is 4.49. The molecule has 3 aromatic carbocycles. The number of para-hydroxylation sites is 1. The Kier molecular flexibility index (Phi) is 4.59. The van der Waals surface area contributed by atoms with E-state index in [1.807, 2.05) is 56.3 Å². The Hall–Kier alpha value is -3.51. The summed E-state index contributed by atoms with van der Waals surface area (Å²) in [6, 6.07) is 20.3. The first-order valence-electron chi connectivity index (χ1n) is 10.2. The fourth-order valence-corrected chi connectivity index (χ4v) is 4.33. The maximum absolute atomic E-state index is 13.6. The molecule has 2 aliphatic heterocycles. The summed E-state index contributed by atoms with van der Waals surface area (Å²) in [6.45, 7) is 3.92. The van der Waals surface area contributed by atoms with Crippen molar-refractivity contribution < 1.29 is 18.8 Å². The zero-order chi connectivity index (χ0) is 21.7. The number of nitrogens with zero attached hydrogens (tertiary/aromatic N) is 2. The topological polar surface area (TPSA) is 49.9 Å². The molecule has 2 aliphatic rings. The fourth-order valence-electron chi connectivity index (χ4n) is 4.33. The second kappa shape index (κ2) is 7.32. The highest BCUT2D eigenvalue weighted by molar-refractivity contribution is 6.24. The summed E-state index contributed by atoms with van der Waals surface area (Å²) in [7, 11) is 0. The third-order valence-corrected chi connectivity index (χ3v) is 6.09. The summed E-state index contributed by atoms with van der Waals surface area (Å²) in [6.07, 6.45) is -0.940. The monoisotopic (exact) mass is 416 g/mol. The van der Waals surface area contributed by atoms with E-state index in [0.717, 1.165) is 16.8 Å². The van der Waals surface area contributed by atoms with Gasteiger partial charge in [0.15, 0.2) is 6.10 Å². The summed E-state index contributed by atoms with van der Waals surface area (Å²) >= 11 is 0. The predicted molar refractivity (Wildman–Crippen MR) is 115 cm³/mol. The summed E-state index contributed by atoms with van der Waals surface area (Å²) in [4.78, 5) is 34.1. The quantitative estimate of drug-likeness (QED) is 0.590. The van der Waals surface area contributed by atoms with Gasteiger partial charge in [-0.1, -0.05) is 36.4 Å². The van der Waals surface area contributed by atoms with Crippen molar-refractivity contribution in [2.24, 2.45) is 5.92 Å². The van der Waals surface area contributed by atoms with Crippen molar-refractivity contribution in [3.8, 4) is 0 Å². The molecule has 156 valence electrons. The van der Waals surface area contributed by atoms with Gasteiger partial charge in [-0.25, -0.2) is 14.4 Å². The second-order valence-corrected chi connectivity index (χ2v) is 7.99. The van der Waals surface area contributed by atoms with Crippen LogP contribution in [0.4, 0.5) is 15.8 Å². The average Bonchev–Trinajstić information content (AvgIpc) is 3.28. The lowest BCUT2D eigenvalue weighted by atomic mass is 9.90. The van der Waals surface area contributed by atoms with Crippen LogP contribution in [0.15, 0.2) is 72.8 Å². The average molecular weight is 416 g/mol. The number of halogens is 1. The van der Waals surface area contributed by atoms with Crippen molar-refractivity contribution in [3.05, 3.63) is 95.3 Å². The second-order valence-electron chi connectivity index (χ2n) is 7.99. The smallest absolute Gasteiger partial charge is 0.266 e. The molecule has 0 aliphatic carbocycles. The first kappa shape index (κ1) is 19.5. The molecular formula is C25H21FN2O3. The molecule has 0 spiro atoms. The molecule has 5 rings (SSSR count). The van der Waals surface area contributed by atoms with Gasteiger partial charge in [-0.05, 0) is 66.9 Å². The summed E-state index contributed by atoms with van der Waals surface area (Å²) in [5.74, 6) is -1.80. The van der Waals surface area contributed by atoms with Crippen LogP contribution in [0.2, 0.25) is 0 Å². The first-order chi connectivity index (χ1) is 15.0. The van der Waals surface area contributed by atoms with Gasteiger partial charge >= 0.3 is 0 Å². The molecule has 0 radical (unpaired) electrons. The van der Waals surface area contributed by atoms with Crippen molar-refractivity contribution >= 4 is 23.2 Å². The number of anilines is 2. The highest BCUT2D eigenvalue weighted by atomic mass is 19.1. The molecule has 0 aromatic heterocycles. The van der Waals surface area contributed by atoms with Gasteiger partial charge in [0.05, 0.1) is 17.4 Å². The van der Waals surface area contributed by atoms with Crippen LogP contribution in [0.25, 0.3) is 0 Å². The van der Waals surface area contributed by atoms with Crippen LogP contribution in [-0.4, -0.2) is 17.9 Å². The van der Waals surface area contributed by atoms with Gasteiger partial charge in [-0.15, -0.1) is 0 Å². The number of rotatable bonds is 3. The van der Waals surface area contributed by atoms with E-state index < -0.39 is 18.1 Å². The van der Waals surface area contributed by atoms with Gasteiger partial charge in [0.1, 0.15) is 11.7 Å². The Balaban J connectivity index is 1.58. The summed E-state index contributed by atoms with van der Waals surface area (Å²) in [5.41, 5.74) is 4.06. The Morgan fingerprint density at radius 3 is 2.19 bits per heavy atom. The number of aryl methyl sites for hydroxylation is 2. The van der Waals surface area contributed by atoms with E-state index in [2.05, 4.69) is 0 Å². The molecule has 0 unspecified atom stereocenters. The normalized spacial score (nSPS) is 22.9. The molecule has 2 saturated heterocycles. The molecule has 3 aromatic rings. The molecule has 0 bridgehead atoms. The molecule has 6 heteroatoms. The minimum atomic E-state index is -0.940. The van der Waals surface area contributed by atoms with Gasteiger partial charge in [0, 0.05) is 0 Å². The van der Waals surface area contributed by atoms with E-state index in [4.69, 9.17) is 4.84 Å². The van der Waals surface area contributed by atoms with E-state index in [-0.39, 0.29) is 17.6 Å². The highest BCUT2D eigenvalue weighted by Crippen LogP contribution is 2.47. The molecule has 0 saturated carbocycles. The Morgan fingerprint density at radius 1 is 0.806 bits per heavy atom. The molecule has 2 fully saturated rings. The minimum Gasteiger partial charge on any atom is -0.273 e. The molecule has 31 heavy (non-hydrogen) atoms. The number of fused-ring (bicyclic) bond motifs is 1. The van der Waals surface area contributed by atoms with Crippen LogP contribution in [0, 0.1) is 25.6 Å². The molecule has 2 amide bonds. The molecule has 5 nitrogen and oxygen atoms in total. The van der Waals surface area contributed by atoms with Crippen LogP contribution < -0.4 is 9.96 Å². The number of imide groups is 1. The number of carbonyl (C=O) groups excluding carboxylic acids is 2. The van der Waals surface area contributed by atoms with Crippen LogP contribution >= 0.6 is 0 Å². The van der Waals surface area contributed by atoms with E-state index in [0.29, 0.717) is 11.3 Å². The van der Waals surface area contributed by atoms with Crippen LogP contribution in [0.3, 0.4) is 0 Å². The van der Waals surface area contributed by atoms with E-state index >= 15 is 0 Å². The zero-order valence-corrected chi connectivity index (χ0v) is 17.2. The number of carbonyl (C=O) groups is 2. The van der Waals surface area contributed by atoms with Crippen molar-refractivity contribution in [1.29, 1.82) is 0 Å². The Morgan fingerprint density at radius 2 is 1.52 bits per heavy atom. The Labute approximate surface area is 179 Å². The third-order valence-electron chi connectivity index (χ3n) is 6.09. The maximum atomic E-state index is 13.6. The van der Waals surface area contributed by atoms with E-state index in [1.54, 1.807) is 23.3 Å². The fraction of sp³-hybridized carbons (Fsp3) is 0.200. The zero-order valence-electron chi connectivity index (χ0n) is 17.2. The lowest BCUT2D eigenvalue weighted by Gasteiger charge is -2.28. The van der Waals surface area contributed by atoms with Crippen molar-refractivity contribution in [2.75, 3.05) is 9.96 Å². The molecule has 2 heterocycles. The molecule has 0 N–H and O–H groups in total. The van der Waals surface area contributed by atoms with E-state index in [1.165, 1.54) is 17.0 Å². The van der Waals surface area contributed by atoms with Gasteiger partial charge in [0.25, 0.3) is 5.91 Å². The van der Waals surface area contributed by atoms with Gasteiger partial charge < -0.3 is 0 Å². The van der Waals surface area contributed by atoms with Gasteiger partial charge in [-0.2, -0.15) is 0 Å². The maximum Gasteiger partial charge on any atom is 0.266 e. The molecular weight excluding hydrogens is 395 g/mol. The minimum absolute atomic E-state index is 0.314. The number of hydrogen-bond acceptors (Lipinski definition) is 4. The number of hydroxylamine groups is 1. The third kappa shape index (κ3) is 3.11. The Bertz CT molecular complexity index is 1160. The van der Waals surface area contributed by atoms with E-state index in [9.17, 15) is 14.0 Å². The van der Waals surface area contributed by atoms with Gasteiger partial charge in [0.2, 0.25) is 5.91 Å². The van der Waals surface area contributed by atoms with Crippen molar-refractivity contribution in [3.63, 3.8) is 0 Å². The van der Waals surface area contributed by atoms with Crippen molar-refractivity contribution in [2.45, 2.75) is 26.0 Å². The van der Waals surface area contributed by atoms with Gasteiger partial charge in [-0.3, -0.25) is 14.4 Å². The summed E-state index contributed by atoms with van der Waals surface area (Å²) in [5, 5.41) is 1.61. The van der Waals surface area contributed by atoms with Crippen LogP contribution in [0.1, 0.15) is 22.7 Å². The largest absolute Gasteiger partial charge is 0.273 e. The lowest BCUT2D eigenvalue weighted by Crippen LogP contribution is -2.37. The number of amides is 2. The van der Waals surface area contributed by atoms with Crippen molar-refractivity contribution in [1.82, 2.24) is 0 Å². The van der Waals surface area contributed by atoms with Crippen LogP contribution in [0.5, 0.6) is 0 Å². The highest BCUT2D eigenvalue weighted by Gasteiger charge is 2.60. The lowest BCUT2D eigenvalue weighted by molar-refractivity contribution is -0.126. The number of benzene rings is 3.